The lowest BCUT2D eigenvalue weighted by Crippen LogP contribution is -2.21. The molecule has 0 bridgehead atoms. The van der Waals surface area contributed by atoms with Gasteiger partial charge in [0.25, 0.3) is 0 Å². The predicted molar refractivity (Wildman–Crippen MR) is 92.4 cm³/mol. The van der Waals surface area contributed by atoms with E-state index in [1.807, 2.05) is 0 Å². The number of carbonyl (C=O) groups is 2. The van der Waals surface area contributed by atoms with Gasteiger partial charge in [-0.15, -0.1) is 0 Å². The third-order valence-electron chi connectivity index (χ3n) is 3.47. The second-order valence-electron chi connectivity index (χ2n) is 5.16. The highest BCUT2D eigenvalue weighted by molar-refractivity contribution is 6.30. The fourth-order valence-corrected chi connectivity index (χ4v) is 2.36. The molecule has 0 fully saturated rings. The third-order valence-corrected chi connectivity index (χ3v) is 3.72. The van der Waals surface area contributed by atoms with E-state index in [1.165, 1.54) is 18.6 Å². The second kappa shape index (κ2) is 7.68. The predicted octanol–water partition coefficient (Wildman–Crippen LogP) is 3.91. The van der Waals surface area contributed by atoms with Crippen molar-refractivity contribution in [3.8, 4) is 0 Å². The summed E-state index contributed by atoms with van der Waals surface area (Å²) in [6, 6.07) is 15.2. The zero-order chi connectivity index (χ0) is 17.6. The van der Waals surface area contributed by atoms with Crippen molar-refractivity contribution < 1.29 is 14.3 Å². The molecular formula is C19H13ClN2O3. The molecule has 6 heteroatoms. The number of carbonyl (C=O) groups excluding carboxylic acids is 2. The summed E-state index contributed by atoms with van der Waals surface area (Å²) in [6.07, 6.45) is 3.01. The van der Waals surface area contributed by atoms with E-state index in [1.54, 1.807) is 54.6 Å². The first-order valence-corrected chi connectivity index (χ1v) is 7.84. The van der Waals surface area contributed by atoms with Gasteiger partial charge in [0.05, 0.1) is 6.20 Å². The van der Waals surface area contributed by atoms with Crippen LogP contribution in [-0.2, 0) is 4.74 Å². The first kappa shape index (κ1) is 16.8. The lowest BCUT2D eigenvalue weighted by Gasteiger charge is -2.17. The van der Waals surface area contributed by atoms with Crippen molar-refractivity contribution in [1.29, 1.82) is 0 Å². The summed E-state index contributed by atoms with van der Waals surface area (Å²) in [5.74, 6) is -1.06. The summed E-state index contributed by atoms with van der Waals surface area (Å²) < 4.78 is 5.44. The van der Waals surface area contributed by atoms with Crippen LogP contribution in [0.3, 0.4) is 0 Å². The van der Waals surface area contributed by atoms with Crippen molar-refractivity contribution in [3.63, 3.8) is 0 Å². The van der Waals surface area contributed by atoms with Gasteiger partial charge in [0.2, 0.25) is 5.78 Å². The molecule has 0 spiro atoms. The van der Waals surface area contributed by atoms with Crippen LogP contribution in [0.5, 0.6) is 0 Å². The molecule has 0 saturated carbocycles. The van der Waals surface area contributed by atoms with Crippen LogP contribution in [-0.4, -0.2) is 21.7 Å². The number of aromatic nitrogens is 2. The van der Waals surface area contributed by atoms with Crippen LogP contribution in [0.2, 0.25) is 5.02 Å². The second-order valence-corrected chi connectivity index (χ2v) is 5.59. The number of Topliss-reactive ketones (excluding diaryl/α,β-unsaturated/α-hetero) is 1. The minimum absolute atomic E-state index is 0.0299. The Morgan fingerprint density at radius 1 is 0.960 bits per heavy atom. The molecule has 3 aromatic rings. The van der Waals surface area contributed by atoms with Gasteiger partial charge in [-0.25, -0.2) is 9.78 Å². The lowest BCUT2D eigenvalue weighted by molar-refractivity contribution is 0.0274. The van der Waals surface area contributed by atoms with Gasteiger partial charge < -0.3 is 4.74 Å². The Kier molecular flexibility index (Phi) is 5.16. The maximum atomic E-state index is 12.9. The first-order valence-electron chi connectivity index (χ1n) is 7.47. The maximum Gasteiger partial charge on any atom is 0.359 e. The number of hydrogen-bond donors (Lipinski definition) is 0. The summed E-state index contributed by atoms with van der Waals surface area (Å²) in [6.45, 7) is 0. The SMILES string of the molecule is O=C(O[C@@H](C(=O)c1ccccc1)c1ccc(Cl)cc1)c1cnccn1. The van der Waals surface area contributed by atoms with E-state index in [4.69, 9.17) is 16.3 Å². The van der Waals surface area contributed by atoms with Crippen molar-refractivity contribution in [1.82, 2.24) is 9.97 Å². The maximum absolute atomic E-state index is 12.9. The van der Waals surface area contributed by atoms with Gasteiger partial charge in [0.1, 0.15) is 0 Å². The molecule has 0 amide bonds. The molecule has 0 aliphatic carbocycles. The van der Waals surface area contributed by atoms with E-state index >= 15 is 0 Å². The summed E-state index contributed by atoms with van der Waals surface area (Å²) in [5.41, 5.74) is 0.993. The van der Waals surface area contributed by atoms with Gasteiger partial charge >= 0.3 is 5.97 Å². The molecule has 2 aromatic carbocycles. The Hall–Kier alpha value is -3.05. The average molecular weight is 353 g/mol. The number of esters is 1. The molecule has 0 aliphatic rings. The number of rotatable bonds is 5. The molecule has 0 aliphatic heterocycles. The summed E-state index contributed by atoms with van der Waals surface area (Å²) >= 11 is 5.90. The number of benzene rings is 2. The van der Waals surface area contributed by atoms with Gasteiger partial charge in [-0.1, -0.05) is 54.1 Å². The minimum Gasteiger partial charge on any atom is -0.444 e. The summed E-state index contributed by atoms with van der Waals surface area (Å²) in [5, 5.41) is 0.523. The largest absolute Gasteiger partial charge is 0.444 e. The molecule has 1 aromatic heterocycles. The van der Waals surface area contributed by atoms with E-state index < -0.39 is 12.1 Å². The Labute approximate surface area is 149 Å². The van der Waals surface area contributed by atoms with E-state index in [-0.39, 0.29) is 11.5 Å². The van der Waals surface area contributed by atoms with E-state index in [0.29, 0.717) is 16.1 Å². The Balaban J connectivity index is 1.93. The van der Waals surface area contributed by atoms with Crippen LogP contribution in [0.25, 0.3) is 0 Å². The van der Waals surface area contributed by atoms with Gasteiger partial charge in [-0.05, 0) is 12.1 Å². The van der Waals surface area contributed by atoms with Gasteiger partial charge in [0.15, 0.2) is 11.8 Å². The van der Waals surface area contributed by atoms with Crippen LogP contribution in [0.15, 0.2) is 73.2 Å². The molecule has 124 valence electrons. The fourth-order valence-electron chi connectivity index (χ4n) is 2.24. The Morgan fingerprint density at radius 2 is 1.68 bits per heavy atom. The van der Waals surface area contributed by atoms with Crippen molar-refractivity contribution in [2.45, 2.75) is 6.10 Å². The van der Waals surface area contributed by atoms with Crippen LogP contribution < -0.4 is 0 Å². The number of ketones is 1. The van der Waals surface area contributed by atoms with Crippen LogP contribution in [0, 0.1) is 0 Å². The molecule has 3 rings (SSSR count). The lowest BCUT2D eigenvalue weighted by atomic mass is 10.00. The molecule has 5 nitrogen and oxygen atoms in total. The third kappa shape index (κ3) is 4.08. The van der Waals surface area contributed by atoms with Gasteiger partial charge in [-0.2, -0.15) is 0 Å². The van der Waals surface area contributed by atoms with Crippen LogP contribution >= 0.6 is 11.6 Å². The number of ether oxygens (including phenoxy) is 1. The number of halogens is 1. The minimum atomic E-state index is -1.10. The zero-order valence-corrected chi connectivity index (χ0v) is 13.8. The van der Waals surface area contributed by atoms with Crippen molar-refractivity contribution >= 4 is 23.4 Å². The quantitative estimate of drug-likeness (QED) is 0.514. The summed E-state index contributed by atoms with van der Waals surface area (Å²) in [7, 11) is 0. The number of hydrogen-bond acceptors (Lipinski definition) is 5. The smallest absolute Gasteiger partial charge is 0.359 e. The summed E-state index contributed by atoms with van der Waals surface area (Å²) in [4.78, 5) is 32.9. The normalized spacial score (nSPS) is 11.6. The van der Waals surface area contributed by atoms with E-state index in [0.717, 1.165) is 0 Å². The molecule has 0 radical (unpaired) electrons. The average Bonchev–Trinajstić information content (AvgIpc) is 2.67. The molecule has 0 unspecified atom stereocenters. The number of nitrogens with zero attached hydrogens (tertiary/aromatic N) is 2. The van der Waals surface area contributed by atoms with Crippen LogP contribution in [0.4, 0.5) is 0 Å². The van der Waals surface area contributed by atoms with Gasteiger partial charge in [-0.3, -0.25) is 9.78 Å². The Bertz CT molecular complexity index is 868. The van der Waals surface area contributed by atoms with Gasteiger partial charge in [0, 0.05) is 28.5 Å². The Morgan fingerprint density at radius 3 is 2.32 bits per heavy atom. The highest BCUT2D eigenvalue weighted by Crippen LogP contribution is 2.25. The van der Waals surface area contributed by atoms with Crippen molar-refractivity contribution in [3.05, 3.63) is 95.0 Å². The fraction of sp³-hybridized carbons (Fsp3) is 0.0526. The van der Waals surface area contributed by atoms with E-state index in [9.17, 15) is 9.59 Å². The van der Waals surface area contributed by atoms with Crippen molar-refractivity contribution in [2.24, 2.45) is 0 Å². The van der Waals surface area contributed by atoms with Crippen molar-refractivity contribution in [2.75, 3.05) is 0 Å². The molecule has 0 saturated heterocycles. The highest BCUT2D eigenvalue weighted by atomic mass is 35.5. The molecule has 25 heavy (non-hydrogen) atoms. The molecule has 1 heterocycles. The molecule has 0 N–H and O–H groups in total. The topological polar surface area (TPSA) is 69.2 Å². The first-order chi connectivity index (χ1) is 12.1. The highest BCUT2D eigenvalue weighted by Gasteiger charge is 2.27. The molecule has 1 atom stereocenters. The molecular weight excluding hydrogens is 340 g/mol. The standard InChI is InChI=1S/C19H13ClN2O3/c20-15-8-6-14(7-9-15)18(17(23)13-4-2-1-3-5-13)25-19(24)16-12-21-10-11-22-16/h1-12,18H/t18-/m1/s1. The van der Waals surface area contributed by atoms with Crippen LogP contribution in [0.1, 0.15) is 32.5 Å². The zero-order valence-electron chi connectivity index (χ0n) is 13.0. The monoisotopic (exact) mass is 352 g/mol. The van der Waals surface area contributed by atoms with E-state index in [2.05, 4.69) is 9.97 Å².